The fraction of sp³-hybridized carbons (Fsp3) is 0.706. The molecule has 1 N–H and O–H groups in total. The molecule has 0 spiro atoms. The lowest BCUT2D eigenvalue weighted by atomic mass is 9.92. The van der Waals surface area contributed by atoms with Gasteiger partial charge in [0.05, 0.1) is 12.6 Å². The number of halogens is 3. The highest BCUT2D eigenvalue weighted by atomic mass is 19.4. The highest BCUT2D eigenvalue weighted by Crippen LogP contribution is 2.29. The molecule has 6 nitrogen and oxygen atoms in total. The third-order valence-electron chi connectivity index (χ3n) is 4.22. The van der Waals surface area contributed by atoms with Gasteiger partial charge in [0.1, 0.15) is 0 Å². The fourth-order valence-electron chi connectivity index (χ4n) is 2.90. The summed E-state index contributed by atoms with van der Waals surface area (Å²) in [4.78, 5) is 25.6. The number of hydrogen-bond donors (Lipinski definition) is 1. The van der Waals surface area contributed by atoms with E-state index in [4.69, 9.17) is 0 Å². The van der Waals surface area contributed by atoms with Gasteiger partial charge in [0.25, 0.3) is 0 Å². The van der Waals surface area contributed by atoms with Gasteiger partial charge in [-0.05, 0) is 24.3 Å². The highest BCUT2D eigenvalue weighted by molar-refractivity contribution is 5.85. The lowest BCUT2D eigenvalue weighted by Gasteiger charge is -2.32. The van der Waals surface area contributed by atoms with Crippen LogP contribution >= 0.6 is 0 Å². The number of nitrogens with zero attached hydrogens (tertiary/aromatic N) is 3. The van der Waals surface area contributed by atoms with E-state index < -0.39 is 11.9 Å². The highest BCUT2D eigenvalue weighted by Gasteiger charge is 2.34. The van der Waals surface area contributed by atoms with Crippen LogP contribution in [0.25, 0.3) is 0 Å². The number of carbonyl (C=O) groups is 2. The standard InChI is InChI=1S/C17H25F3N4O2/c1-16(2,3)10-14(25)21-11-15(26)23-7-4-12(5-8-23)24-9-6-13(22-24)17(18,19)20/h6,9,12H,4-5,7-8,10-11H2,1-3H3,(H,21,25). The quantitative estimate of drug-likeness (QED) is 0.881. The second-order valence-corrected chi connectivity index (χ2v) is 7.80. The zero-order chi connectivity index (χ0) is 19.5. The first-order valence-corrected chi connectivity index (χ1v) is 8.62. The third kappa shape index (κ3) is 5.74. The van der Waals surface area contributed by atoms with Crippen molar-refractivity contribution in [3.8, 4) is 0 Å². The minimum atomic E-state index is -4.45. The molecule has 0 aromatic carbocycles. The fourth-order valence-corrected chi connectivity index (χ4v) is 2.90. The van der Waals surface area contributed by atoms with Gasteiger partial charge in [-0.25, -0.2) is 0 Å². The molecule has 1 aliphatic heterocycles. The average Bonchev–Trinajstić information content (AvgIpc) is 3.01. The van der Waals surface area contributed by atoms with Crippen LogP contribution in [0.1, 0.15) is 51.8 Å². The molecule has 9 heteroatoms. The predicted molar refractivity (Wildman–Crippen MR) is 89.2 cm³/mol. The number of carbonyl (C=O) groups excluding carboxylic acids is 2. The molecule has 0 atom stereocenters. The van der Waals surface area contributed by atoms with Crippen molar-refractivity contribution < 1.29 is 22.8 Å². The van der Waals surface area contributed by atoms with E-state index in [-0.39, 0.29) is 29.8 Å². The summed E-state index contributed by atoms with van der Waals surface area (Å²) in [6.07, 6.45) is -1.73. The number of nitrogens with one attached hydrogen (secondary N) is 1. The number of amides is 2. The van der Waals surface area contributed by atoms with Gasteiger partial charge >= 0.3 is 6.18 Å². The van der Waals surface area contributed by atoms with E-state index in [0.29, 0.717) is 32.4 Å². The topological polar surface area (TPSA) is 67.2 Å². The summed E-state index contributed by atoms with van der Waals surface area (Å²) < 4.78 is 39.2. The summed E-state index contributed by atoms with van der Waals surface area (Å²) in [7, 11) is 0. The zero-order valence-electron chi connectivity index (χ0n) is 15.3. The molecule has 146 valence electrons. The maximum Gasteiger partial charge on any atom is 0.435 e. The Morgan fingerprint density at radius 3 is 2.35 bits per heavy atom. The Morgan fingerprint density at radius 1 is 1.23 bits per heavy atom. The van der Waals surface area contributed by atoms with E-state index in [9.17, 15) is 22.8 Å². The van der Waals surface area contributed by atoms with Gasteiger partial charge in [-0.2, -0.15) is 18.3 Å². The normalized spacial score (nSPS) is 16.6. The second-order valence-electron chi connectivity index (χ2n) is 7.80. The van der Waals surface area contributed by atoms with Crippen molar-refractivity contribution in [1.82, 2.24) is 20.0 Å². The number of alkyl halides is 3. The van der Waals surface area contributed by atoms with E-state index in [1.54, 1.807) is 4.90 Å². The molecule has 1 aromatic heterocycles. The molecule has 0 aliphatic carbocycles. The van der Waals surface area contributed by atoms with Crippen LogP contribution in [-0.4, -0.2) is 46.1 Å². The molecule has 0 bridgehead atoms. The van der Waals surface area contributed by atoms with Crippen LogP contribution in [0, 0.1) is 5.41 Å². The first-order valence-electron chi connectivity index (χ1n) is 8.62. The van der Waals surface area contributed by atoms with Gasteiger partial charge in [-0.3, -0.25) is 14.3 Å². The van der Waals surface area contributed by atoms with E-state index in [1.165, 1.54) is 10.9 Å². The van der Waals surface area contributed by atoms with Crippen molar-refractivity contribution in [3.05, 3.63) is 18.0 Å². The lowest BCUT2D eigenvalue weighted by Crippen LogP contribution is -2.44. The third-order valence-corrected chi connectivity index (χ3v) is 4.22. The molecule has 2 rings (SSSR count). The minimum Gasteiger partial charge on any atom is -0.347 e. The Bertz CT molecular complexity index is 641. The van der Waals surface area contributed by atoms with Crippen molar-refractivity contribution >= 4 is 11.8 Å². The first-order chi connectivity index (χ1) is 12.0. The molecule has 1 fully saturated rings. The number of aromatic nitrogens is 2. The average molecular weight is 374 g/mol. The van der Waals surface area contributed by atoms with Crippen LogP contribution in [0.2, 0.25) is 0 Å². The maximum atomic E-state index is 12.6. The van der Waals surface area contributed by atoms with Crippen molar-refractivity contribution in [1.29, 1.82) is 0 Å². The monoisotopic (exact) mass is 374 g/mol. The minimum absolute atomic E-state index is 0.0560. The summed E-state index contributed by atoms with van der Waals surface area (Å²) in [5.74, 6) is -0.348. The summed E-state index contributed by atoms with van der Waals surface area (Å²) >= 11 is 0. The van der Waals surface area contributed by atoms with Gasteiger partial charge < -0.3 is 10.2 Å². The van der Waals surface area contributed by atoms with Crippen molar-refractivity contribution in [2.45, 2.75) is 52.3 Å². The van der Waals surface area contributed by atoms with Crippen molar-refractivity contribution in [2.24, 2.45) is 5.41 Å². The Labute approximate surface area is 150 Å². The van der Waals surface area contributed by atoms with Gasteiger partial charge in [0.2, 0.25) is 11.8 Å². The lowest BCUT2D eigenvalue weighted by molar-refractivity contribution is -0.141. The van der Waals surface area contributed by atoms with Crippen LogP contribution < -0.4 is 5.32 Å². The molecule has 1 aromatic rings. The first kappa shape index (κ1) is 20.3. The molecule has 1 saturated heterocycles. The van der Waals surface area contributed by atoms with E-state index >= 15 is 0 Å². The smallest absolute Gasteiger partial charge is 0.347 e. The largest absolute Gasteiger partial charge is 0.435 e. The molecule has 0 unspecified atom stereocenters. The zero-order valence-corrected chi connectivity index (χ0v) is 15.3. The molecule has 2 amide bonds. The van der Waals surface area contributed by atoms with Gasteiger partial charge in [-0.15, -0.1) is 0 Å². The van der Waals surface area contributed by atoms with Crippen molar-refractivity contribution in [2.75, 3.05) is 19.6 Å². The van der Waals surface area contributed by atoms with E-state index in [1.807, 2.05) is 20.8 Å². The van der Waals surface area contributed by atoms with Crippen LogP contribution in [0.3, 0.4) is 0 Å². The summed E-state index contributed by atoms with van der Waals surface area (Å²) in [6.45, 7) is 6.63. The Morgan fingerprint density at radius 2 is 1.85 bits per heavy atom. The van der Waals surface area contributed by atoms with E-state index in [0.717, 1.165) is 6.07 Å². The van der Waals surface area contributed by atoms with E-state index in [2.05, 4.69) is 10.4 Å². The second kappa shape index (κ2) is 7.67. The molecular weight excluding hydrogens is 349 g/mol. The molecule has 2 heterocycles. The number of piperidine rings is 1. The Hall–Kier alpha value is -2.06. The molecular formula is C17H25F3N4O2. The van der Waals surface area contributed by atoms with Crippen LogP contribution in [0.4, 0.5) is 13.2 Å². The van der Waals surface area contributed by atoms with Crippen LogP contribution in [0.15, 0.2) is 12.3 Å². The molecule has 0 radical (unpaired) electrons. The SMILES string of the molecule is CC(C)(C)CC(=O)NCC(=O)N1CCC(n2ccc(C(F)(F)F)n2)CC1. The Balaban J connectivity index is 1.80. The predicted octanol–water partition coefficient (Wildman–Crippen LogP) is 2.62. The maximum absolute atomic E-state index is 12.6. The van der Waals surface area contributed by atoms with Crippen LogP contribution in [-0.2, 0) is 15.8 Å². The molecule has 0 saturated carbocycles. The molecule has 1 aliphatic rings. The number of likely N-dealkylation sites (tertiary alicyclic amines) is 1. The molecule has 26 heavy (non-hydrogen) atoms. The Kier molecular flexibility index (Phi) is 5.98. The van der Waals surface area contributed by atoms with Gasteiger partial charge in [0, 0.05) is 25.7 Å². The van der Waals surface area contributed by atoms with Gasteiger partial charge in [0.15, 0.2) is 5.69 Å². The van der Waals surface area contributed by atoms with Crippen molar-refractivity contribution in [3.63, 3.8) is 0 Å². The number of rotatable bonds is 4. The summed E-state index contributed by atoms with van der Waals surface area (Å²) in [5.41, 5.74) is -1.05. The number of hydrogen-bond acceptors (Lipinski definition) is 3. The summed E-state index contributed by atoms with van der Waals surface area (Å²) in [5, 5.41) is 6.23. The summed E-state index contributed by atoms with van der Waals surface area (Å²) in [6, 6.07) is 0.799. The van der Waals surface area contributed by atoms with Gasteiger partial charge in [-0.1, -0.05) is 20.8 Å². The van der Waals surface area contributed by atoms with Crippen LogP contribution in [0.5, 0.6) is 0 Å².